The van der Waals surface area contributed by atoms with E-state index in [1.54, 1.807) is 24.6 Å². The predicted octanol–water partition coefficient (Wildman–Crippen LogP) is 2.42. The van der Waals surface area contributed by atoms with Crippen molar-refractivity contribution in [3.8, 4) is 0 Å². The quantitative estimate of drug-likeness (QED) is 0.865. The highest BCUT2D eigenvalue weighted by Crippen LogP contribution is 2.10. The SMILES string of the molecule is O=C(O)c1ccc(C(=O)N2C=CC=CC=C2)cc1. The number of amides is 1. The third-order valence-corrected chi connectivity index (χ3v) is 2.44. The summed E-state index contributed by atoms with van der Waals surface area (Å²) in [5.74, 6) is -1.21. The Balaban J connectivity index is 2.21. The van der Waals surface area contributed by atoms with Crippen molar-refractivity contribution in [2.45, 2.75) is 0 Å². The Hall–Kier alpha value is -2.62. The van der Waals surface area contributed by atoms with Gasteiger partial charge in [0.1, 0.15) is 0 Å². The number of carboxylic acid groups (broad SMARTS) is 1. The lowest BCUT2D eigenvalue weighted by molar-refractivity contribution is 0.0696. The molecule has 1 aliphatic heterocycles. The van der Waals surface area contributed by atoms with Crippen LogP contribution in [0.4, 0.5) is 0 Å². The van der Waals surface area contributed by atoms with Crippen LogP contribution in [0.5, 0.6) is 0 Å². The normalized spacial score (nSPS) is 13.4. The van der Waals surface area contributed by atoms with Crippen molar-refractivity contribution in [2.24, 2.45) is 0 Å². The van der Waals surface area contributed by atoms with Gasteiger partial charge in [-0.3, -0.25) is 9.69 Å². The van der Waals surface area contributed by atoms with Gasteiger partial charge in [0.2, 0.25) is 0 Å². The molecule has 0 saturated carbocycles. The maximum atomic E-state index is 12.1. The number of hydrogen-bond donors (Lipinski definition) is 1. The minimum Gasteiger partial charge on any atom is -0.478 e. The molecule has 0 saturated heterocycles. The van der Waals surface area contributed by atoms with Gasteiger partial charge in [-0.15, -0.1) is 0 Å². The van der Waals surface area contributed by atoms with Crippen LogP contribution < -0.4 is 0 Å². The first-order chi connectivity index (χ1) is 8.68. The molecule has 0 aliphatic carbocycles. The van der Waals surface area contributed by atoms with Gasteiger partial charge in [0.25, 0.3) is 5.91 Å². The van der Waals surface area contributed by atoms with Crippen molar-refractivity contribution < 1.29 is 14.7 Å². The summed E-state index contributed by atoms with van der Waals surface area (Å²) < 4.78 is 0. The molecule has 1 N–H and O–H groups in total. The van der Waals surface area contributed by atoms with Crippen molar-refractivity contribution in [1.82, 2.24) is 4.90 Å². The molecule has 1 amide bonds. The van der Waals surface area contributed by atoms with Crippen LogP contribution in [-0.2, 0) is 0 Å². The molecular formula is C14H11NO3. The molecule has 90 valence electrons. The van der Waals surface area contributed by atoms with Gasteiger partial charge in [0, 0.05) is 18.0 Å². The van der Waals surface area contributed by atoms with E-state index in [0.29, 0.717) is 5.56 Å². The molecule has 0 bridgehead atoms. The average molecular weight is 241 g/mol. The van der Waals surface area contributed by atoms with Crippen LogP contribution in [0, 0.1) is 0 Å². The number of nitrogens with zero attached hydrogens (tertiary/aromatic N) is 1. The Kier molecular flexibility index (Phi) is 3.38. The van der Waals surface area contributed by atoms with E-state index < -0.39 is 5.97 Å². The van der Waals surface area contributed by atoms with Gasteiger partial charge in [-0.05, 0) is 36.4 Å². The summed E-state index contributed by atoms with van der Waals surface area (Å²) in [7, 11) is 0. The number of carbonyl (C=O) groups excluding carboxylic acids is 1. The van der Waals surface area contributed by atoms with Crippen molar-refractivity contribution >= 4 is 11.9 Å². The van der Waals surface area contributed by atoms with Crippen LogP contribution >= 0.6 is 0 Å². The zero-order chi connectivity index (χ0) is 13.0. The Labute approximate surface area is 104 Å². The number of allylic oxidation sites excluding steroid dienone is 4. The fourth-order valence-electron chi connectivity index (χ4n) is 1.50. The third kappa shape index (κ3) is 2.55. The molecule has 4 heteroatoms. The van der Waals surface area contributed by atoms with Crippen LogP contribution in [0.1, 0.15) is 20.7 Å². The molecular weight excluding hydrogens is 230 g/mol. The van der Waals surface area contributed by atoms with Crippen molar-refractivity contribution in [2.75, 3.05) is 0 Å². The van der Waals surface area contributed by atoms with Crippen LogP contribution in [0.2, 0.25) is 0 Å². The molecule has 1 aromatic rings. The maximum absolute atomic E-state index is 12.1. The zero-order valence-corrected chi connectivity index (χ0v) is 9.48. The molecule has 1 heterocycles. The number of carboxylic acids is 1. The number of hydrogen-bond acceptors (Lipinski definition) is 2. The summed E-state index contributed by atoms with van der Waals surface area (Å²) in [5.41, 5.74) is 0.603. The Morgan fingerprint density at radius 1 is 0.833 bits per heavy atom. The molecule has 2 rings (SSSR count). The lowest BCUT2D eigenvalue weighted by atomic mass is 10.1. The first-order valence-corrected chi connectivity index (χ1v) is 5.36. The summed E-state index contributed by atoms with van der Waals surface area (Å²) in [4.78, 5) is 24.2. The van der Waals surface area contributed by atoms with E-state index in [-0.39, 0.29) is 11.5 Å². The summed E-state index contributed by atoms with van der Waals surface area (Å²) >= 11 is 0. The average Bonchev–Trinajstić information content (AvgIpc) is 2.67. The van der Waals surface area contributed by atoms with Crippen LogP contribution in [-0.4, -0.2) is 21.9 Å². The van der Waals surface area contributed by atoms with Crippen LogP contribution in [0.15, 0.2) is 61.0 Å². The third-order valence-electron chi connectivity index (χ3n) is 2.44. The molecule has 0 radical (unpaired) electrons. The van der Waals surface area contributed by atoms with E-state index in [0.717, 1.165) is 0 Å². The second-order valence-electron chi connectivity index (χ2n) is 3.66. The molecule has 1 aliphatic rings. The van der Waals surface area contributed by atoms with E-state index in [2.05, 4.69) is 0 Å². The molecule has 0 unspecified atom stereocenters. The highest BCUT2D eigenvalue weighted by molar-refractivity contribution is 5.97. The van der Waals surface area contributed by atoms with Gasteiger partial charge in [-0.1, -0.05) is 12.2 Å². The van der Waals surface area contributed by atoms with Gasteiger partial charge < -0.3 is 5.11 Å². The molecule has 0 spiro atoms. The molecule has 1 aromatic carbocycles. The van der Waals surface area contributed by atoms with E-state index >= 15 is 0 Å². The van der Waals surface area contributed by atoms with Gasteiger partial charge in [-0.2, -0.15) is 0 Å². The van der Waals surface area contributed by atoms with Gasteiger partial charge in [0.15, 0.2) is 0 Å². The minimum atomic E-state index is -1.01. The van der Waals surface area contributed by atoms with Gasteiger partial charge >= 0.3 is 5.97 Å². The van der Waals surface area contributed by atoms with Gasteiger partial charge in [0.05, 0.1) is 5.56 Å². The second-order valence-corrected chi connectivity index (χ2v) is 3.66. The van der Waals surface area contributed by atoms with Gasteiger partial charge in [-0.25, -0.2) is 4.79 Å². The number of carbonyl (C=O) groups is 2. The first kappa shape index (κ1) is 11.9. The number of aromatic carboxylic acids is 1. The monoisotopic (exact) mass is 241 g/mol. The van der Waals surface area contributed by atoms with Crippen LogP contribution in [0.3, 0.4) is 0 Å². The van der Waals surface area contributed by atoms with E-state index in [1.165, 1.54) is 29.2 Å². The standard InChI is InChI=1S/C14H11NO3/c16-13(15-9-3-1-2-4-10-15)11-5-7-12(8-6-11)14(17)18/h1-10H,(H,17,18). The summed E-state index contributed by atoms with van der Waals surface area (Å²) in [6.45, 7) is 0. The van der Waals surface area contributed by atoms with E-state index in [4.69, 9.17) is 5.11 Å². The summed E-state index contributed by atoms with van der Waals surface area (Å²) in [6.07, 6.45) is 10.4. The Morgan fingerprint density at radius 3 is 1.83 bits per heavy atom. The Morgan fingerprint density at radius 2 is 1.33 bits per heavy atom. The maximum Gasteiger partial charge on any atom is 0.335 e. The molecule has 0 fully saturated rings. The topological polar surface area (TPSA) is 57.6 Å². The smallest absolute Gasteiger partial charge is 0.335 e. The molecule has 0 atom stereocenters. The molecule has 4 nitrogen and oxygen atoms in total. The highest BCUT2D eigenvalue weighted by atomic mass is 16.4. The second kappa shape index (κ2) is 5.14. The van der Waals surface area contributed by atoms with Crippen molar-refractivity contribution in [3.05, 3.63) is 72.1 Å². The van der Waals surface area contributed by atoms with Crippen molar-refractivity contribution in [3.63, 3.8) is 0 Å². The van der Waals surface area contributed by atoms with E-state index in [9.17, 15) is 9.59 Å². The lowest BCUT2D eigenvalue weighted by Gasteiger charge is -2.12. The first-order valence-electron chi connectivity index (χ1n) is 5.36. The fraction of sp³-hybridized carbons (Fsp3) is 0. The molecule has 18 heavy (non-hydrogen) atoms. The lowest BCUT2D eigenvalue weighted by Crippen LogP contribution is -2.19. The largest absolute Gasteiger partial charge is 0.478 e. The Bertz CT molecular complexity index is 537. The predicted molar refractivity (Wildman–Crippen MR) is 67.0 cm³/mol. The molecule has 0 aromatic heterocycles. The van der Waals surface area contributed by atoms with Crippen LogP contribution in [0.25, 0.3) is 0 Å². The van der Waals surface area contributed by atoms with E-state index in [1.807, 2.05) is 12.2 Å². The summed E-state index contributed by atoms with van der Waals surface area (Å²) in [5, 5.41) is 8.77. The fourth-order valence-corrected chi connectivity index (χ4v) is 1.50. The minimum absolute atomic E-state index is 0.162. The zero-order valence-electron chi connectivity index (χ0n) is 9.48. The van der Waals surface area contributed by atoms with Crippen molar-refractivity contribution in [1.29, 1.82) is 0 Å². The highest BCUT2D eigenvalue weighted by Gasteiger charge is 2.12. The number of benzene rings is 1. The summed E-state index contributed by atoms with van der Waals surface area (Å²) in [6, 6.07) is 5.84. The number of rotatable bonds is 2.